The summed E-state index contributed by atoms with van der Waals surface area (Å²) in [5.74, 6) is 1.07. The molecule has 0 aliphatic heterocycles. The van der Waals surface area contributed by atoms with Crippen molar-refractivity contribution in [3.63, 3.8) is 0 Å². The van der Waals surface area contributed by atoms with Gasteiger partial charge in [0.05, 0.1) is 6.54 Å². The van der Waals surface area contributed by atoms with E-state index in [1.807, 2.05) is 19.4 Å². The molecule has 0 radical (unpaired) electrons. The molecule has 80 valence electrons. The first-order chi connectivity index (χ1) is 7.84. The summed E-state index contributed by atoms with van der Waals surface area (Å²) in [5, 5.41) is 1.27. The van der Waals surface area contributed by atoms with Gasteiger partial charge in [-0.05, 0) is 17.5 Å². The third-order valence-corrected chi connectivity index (χ3v) is 2.91. The van der Waals surface area contributed by atoms with Crippen LogP contribution in [-0.4, -0.2) is 14.1 Å². The van der Waals surface area contributed by atoms with Gasteiger partial charge in [-0.3, -0.25) is 0 Å². The molecule has 2 aromatic heterocycles. The van der Waals surface area contributed by atoms with E-state index in [1.165, 1.54) is 10.9 Å². The third-order valence-electron chi connectivity index (χ3n) is 2.91. The predicted molar refractivity (Wildman–Crippen MR) is 64.2 cm³/mol. The topological polar surface area (TPSA) is 22.8 Å². The van der Waals surface area contributed by atoms with Gasteiger partial charge in [0.25, 0.3) is 0 Å². The van der Waals surface area contributed by atoms with E-state index in [1.54, 1.807) is 0 Å². The highest BCUT2D eigenvalue weighted by molar-refractivity contribution is 5.79. The molecule has 0 bridgehead atoms. The fraction of sp³-hybridized carbons (Fsp3) is 0.154. The molecule has 3 aromatic rings. The van der Waals surface area contributed by atoms with Gasteiger partial charge in [0.1, 0.15) is 5.82 Å². The highest BCUT2D eigenvalue weighted by atomic mass is 15.1. The molecular formula is C13H13N3. The maximum Gasteiger partial charge on any atom is 0.128 e. The first-order valence-electron chi connectivity index (χ1n) is 5.35. The number of imidazole rings is 1. The number of aromatic nitrogens is 3. The summed E-state index contributed by atoms with van der Waals surface area (Å²) in [6, 6.07) is 10.5. The molecule has 1 aromatic carbocycles. The number of hydrogen-bond donors (Lipinski definition) is 0. The van der Waals surface area contributed by atoms with Crippen LogP contribution < -0.4 is 0 Å². The van der Waals surface area contributed by atoms with Gasteiger partial charge >= 0.3 is 0 Å². The lowest BCUT2D eigenvalue weighted by Gasteiger charge is -2.05. The normalized spacial score (nSPS) is 11.1. The van der Waals surface area contributed by atoms with Crippen LogP contribution in [0.5, 0.6) is 0 Å². The number of para-hydroxylation sites is 1. The van der Waals surface area contributed by atoms with Gasteiger partial charge in [0.2, 0.25) is 0 Å². The van der Waals surface area contributed by atoms with Crippen molar-refractivity contribution in [1.29, 1.82) is 0 Å². The van der Waals surface area contributed by atoms with Crippen molar-refractivity contribution in [1.82, 2.24) is 14.1 Å². The molecule has 0 aliphatic rings. The van der Waals surface area contributed by atoms with Crippen LogP contribution in [0.25, 0.3) is 10.9 Å². The van der Waals surface area contributed by atoms with E-state index in [0.717, 1.165) is 12.4 Å². The fourth-order valence-corrected chi connectivity index (χ4v) is 1.98. The quantitative estimate of drug-likeness (QED) is 0.638. The van der Waals surface area contributed by atoms with Crippen molar-refractivity contribution in [2.75, 3.05) is 0 Å². The summed E-state index contributed by atoms with van der Waals surface area (Å²) in [6.45, 7) is 0.816. The SMILES string of the molecule is Cn1ccnc1Cn1ccc2ccccc21. The zero-order valence-corrected chi connectivity index (χ0v) is 9.17. The lowest BCUT2D eigenvalue weighted by Crippen LogP contribution is -2.04. The lowest BCUT2D eigenvalue weighted by molar-refractivity contribution is 0.718. The van der Waals surface area contributed by atoms with Gasteiger partial charge in [-0.15, -0.1) is 0 Å². The maximum atomic E-state index is 4.34. The lowest BCUT2D eigenvalue weighted by atomic mass is 10.2. The van der Waals surface area contributed by atoms with Gasteiger partial charge < -0.3 is 9.13 Å². The molecular weight excluding hydrogens is 198 g/mol. The van der Waals surface area contributed by atoms with E-state index in [-0.39, 0.29) is 0 Å². The Morgan fingerprint density at radius 3 is 2.81 bits per heavy atom. The van der Waals surface area contributed by atoms with Crippen LogP contribution in [0, 0.1) is 0 Å². The molecule has 16 heavy (non-hydrogen) atoms. The van der Waals surface area contributed by atoms with Crippen molar-refractivity contribution >= 4 is 10.9 Å². The van der Waals surface area contributed by atoms with Crippen LogP contribution in [0.1, 0.15) is 5.82 Å². The van der Waals surface area contributed by atoms with Gasteiger partial charge in [-0.25, -0.2) is 4.98 Å². The summed E-state index contributed by atoms with van der Waals surface area (Å²) in [4.78, 5) is 4.34. The molecule has 0 saturated heterocycles. The van der Waals surface area contributed by atoms with Gasteiger partial charge in [0, 0.05) is 31.2 Å². The average Bonchev–Trinajstić information content (AvgIpc) is 2.88. The van der Waals surface area contributed by atoms with Crippen molar-refractivity contribution in [3.05, 3.63) is 54.7 Å². The van der Waals surface area contributed by atoms with Crippen molar-refractivity contribution in [2.24, 2.45) is 7.05 Å². The van der Waals surface area contributed by atoms with Crippen molar-refractivity contribution < 1.29 is 0 Å². The Hall–Kier alpha value is -2.03. The van der Waals surface area contributed by atoms with E-state index >= 15 is 0 Å². The number of rotatable bonds is 2. The molecule has 0 unspecified atom stereocenters. The number of aryl methyl sites for hydroxylation is 1. The van der Waals surface area contributed by atoms with E-state index in [0.29, 0.717) is 0 Å². The van der Waals surface area contributed by atoms with Crippen LogP contribution in [0.4, 0.5) is 0 Å². The summed E-state index contributed by atoms with van der Waals surface area (Å²) < 4.78 is 4.27. The first kappa shape index (κ1) is 9.21. The molecule has 0 fully saturated rings. The Bertz CT molecular complexity index is 619. The van der Waals surface area contributed by atoms with Gasteiger partial charge in [0.15, 0.2) is 0 Å². The second-order valence-corrected chi connectivity index (χ2v) is 3.96. The Morgan fingerprint density at radius 1 is 1.12 bits per heavy atom. The van der Waals surface area contributed by atoms with Crippen LogP contribution in [0.3, 0.4) is 0 Å². The molecule has 3 nitrogen and oxygen atoms in total. The smallest absolute Gasteiger partial charge is 0.128 e. The van der Waals surface area contributed by atoms with Crippen LogP contribution in [-0.2, 0) is 13.6 Å². The van der Waals surface area contributed by atoms with Gasteiger partial charge in [-0.1, -0.05) is 18.2 Å². The summed E-state index contributed by atoms with van der Waals surface area (Å²) in [5.41, 5.74) is 1.26. The van der Waals surface area contributed by atoms with Crippen LogP contribution in [0.2, 0.25) is 0 Å². The van der Waals surface area contributed by atoms with Crippen LogP contribution >= 0.6 is 0 Å². The molecule has 3 heteroatoms. The zero-order valence-electron chi connectivity index (χ0n) is 9.17. The molecule has 0 spiro atoms. The van der Waals surface area contributed by atoms with Gasteiger partial charge in [-0.2, -0.15) is 0 Å². The van der Waals surface area contributed by atoms with Crippen molar-refractivity contribution in [3.8, 4) is 0 Å². The van der Waals surface area contributed by atoms with Crippen LogP contribution in [0.15, 0.2) is 48.9 Å². The molecule has 2 heterocycles. The Labute approximate surface area is 94.0 Å². The second kappa shape index (κ2) is 3.52. The summed E-state index contributed by atoms with van der Waals surface area (Å²) in [6.07, 6.45) is 5.92. The second-order valence-electron chi connectivity index (χ2n) is 3.96. The monoisotopic (exact) mass is 211 g/mol. The van der Waals surface area contributed by atoms with Crippen molar-refractivity contribution in [2.45, 2.75) is 6.54 Å². The number of hydrogen-bond acceptors (Lipinski definition) is 1. The Kier molecular flexibility index (Phi) is 2.03. The molecule has 0 amide bonds. The first-order valence-corrected chi connectivity index (χ1v) is 5.35. The third kappa shape index (κ3) is 1.41. The maximum absolute atomic E-state index is 4.34. The zero-order chi connectivity index (χ0) is 11.0. The minimum Gasteiger partial charge on any atom is -0.340 e. The van der Waals surface area contributed by atoms with E-state index in [4.69, 9.17) is 0 Å². The number of benzene rings is 1. The minimum absolute atomic E-state index is 0.816. The summed E-state index contributed by atoms with van der Waals surface area (Å²) in [7, 11) is 2.02. The summed E-state index contributed by atoms with van der Waals surface area (Å²) >= 11 is 0. The Morgan fingerprint density at radius 2 is 2.00 bits per heavy atom. The standard InChI is InChI=1S/C13H13N3/c1-15-9-7-14-13(15)10-16-8-6-11-4-2-3-5-12(11)16/h2-9H,10H2,1H3. The molecule has 3 rings (SSSR count). The average molecular weight is 211 g/mol. The van der Waals surface area contributed by atoms with E-state index in [9.17, 15) is 0 Å². The fourth-order valence-electron chi connectivity index (χ4n) is 1.98. The molecule has 0 atom stereocenters. The molecule has 0 saturated carbocycles. The van der Waals surface area contributed by atoms with E-state index in [2.05, 4.69) is 50.6 Å². The van der Waals surface area contributed by atoms with E-state index < -0.39 is 0 Å². The number of fused-ring (bicyclic) bond motifs is 1. The number of nitrogens with zero attached hydrogens (tertiary/aromatic N) is 3. The predicted octanol–water partition coefficient (Wildman–Crippen LogP) is 2.42. The minimum atomic E-state index is 0.816. The molecule has 0 aliphatic carbocycles. The highest BCUT2D eigenvalue weighted by Gasteiger charge is 2.03. The highest BCUT2D eigenvalue weighted by Crippen LogP contribution is 2.15. The molecule has 0 N–H and O–H groups in total. The Balaban J connectivity index is 2.04. The largest absolute Gasteiger partial charge is 0.340 e.